The van der Waals surface area contributed by atoms with Gasteiger partial charge in [-0.2, -0.15) is 4.98 Å². The normalized spacial score (nSPS) is 10.9. The van der Waals surface area contributed by atoms with E-state index < -0.39 is 0 Å². The minimum atomic E-state index is -0.152. The molecule has 0 bridgehead atoms. The third kappa shape index (κ3) is 1.98. The maximum Gasteiger partial charge on any atom is 0.243 e. The van der Waals surface area contributed by atoms with E-state index >= 15 is 0 Å². The topological polar surface area (TPSA) is 76.7 Å². The largest absolute Gasteiger partial charge is 0.492 e. The first-order chi connectivity index (χ1) is 10.8. The molecule has 1 N–H and O–H groups in total. The summed E-state index contributed by atoms with van der Waals surface area (Å²) in [7, 11) is 0. The van der Waals surface area contributed by atoms with Gasteiger partial charge in [-0.3, -0.25) is 9.55 Å². The van der Waals surface area contributed by atoms with Crippen LogP contribution in [0.1, 0.15) is 0 Å². The van der Waals surface area contributed by atoms with Gasteiger partial charge in [-0.05, 0) is 24.3 Å². The van der Waals surface area contributed by atoms with Crippen LogP contribution in [0.15, 0.2) is 61.1 Å². The highest BCUT2D eigenvalue weighted by Gasteiger charge is 2.14. The molecule has 1 aromatic carbocycles. The number of hydrogen-bond donors (Lipinski definition) is 1. The minimum absolute atomic E-state index is 0.152. The second-order valence-corrected chi connectivity index (χ2v) is 4.71. The van der Waals surface area contributed by atoms with Crippen LogP contribution in [-0.4, -0.2) is 29.6 Å². The van der Waals surface area contributed by atoms with Crippen molar-refractivity contribution in [2.75, 3.05) is 0 Å². The van der Waals surface area contributed by atoms with Gasteiger partial charge in [0.2, 0.25) is 5.88 Å². The van der Waals surface area contributed by atoms with Gasteiger partial charge in [0.1, 0.15) is 12.0 Å². The molecule has 0 aliphatic rings. The highest BCUT2D eigenvalue weighted by Crippen LogP contribution is 2.25. The standard InChI is InChI=1S/C16H11N5O/c22-16-13-15(19-14(20-16)12-8-4-5-9-17-12)21(10-18-13)11-6-2-1-3-7-11/h1-10H,(H,19,20,22). The summed E-state index contributed by atoms with van der Waals surface area (Å²) in [6, 6.07) is 15.2. The predicted molar refractivity (Wildman–Crippen MR) is 81.6 cm³/mol. The fraction of sp³-hybridized carbons (Fsp3) is 0. The summed E-state index contributed by atoms with van der Waals surface area (Å²) in [5.41, 5.74) is 2.42. The molecule has 0 fully saturated rings. The summed E-state index contributed by atoms with van der Waals surface area (Å²) in [6.07, 6.45) is 3.28. The summed E-state index contributed by atoms with van der Waals surface area (Å²) in [6.45, 7) is 0. The van der Waals surface area contributed by atoms with Crippen molar-refractivity contribution >= 4 is 11.2 Å². The Balaban J connectivity index is 1.97. The maximum atomic E-state index is 10.1. The molecule has 0 aliphatic carbocycles. The van der Waals surface area contributed by atoms with Gasteiger partial charge in [-0.25, -0.2) is 9.97 Å². The van der Waals surface area contributed by atoms with Gasteiger partial charge in [0.05, 0.1) is 0 Å². The number of benzene rings is 1. The van der Waals surface area contributed by atoms with Crippen LogP contribution >= 0.6 is 0 Å². The lowest BCUT2D eigenvalue weighted by Gasteiger charge is -2.05. The number of pyridine rings is 1. The van der Waals surface area contributed by atoms with Crippen molar-refractivity contribution in [3.63, 3.8) is 0 Å². The van der Waals surface area contributed by atoms with Gasteiger partial charge in [0.15, 0.2) is 17.0 Å². The van der Waals surface area contributed by atoms with Crippen LogP contribution in [0.2, 0.25) is 0 Å². The lowest BCUT2D eigenvalue weighted by atomic mass is 10.3. The summed E-state index contributed by atoms with van der Waals surface area (Å²) >= 11 is 0. The molecule has 22 heavy (non-hydrogen) atoms. The van der Waals surface area contributed by atoms with Gasteiger partial charge < -0.3 is 5.11 Å². The zero-order valence-electron chi connectivity index (χ0n) is 11.5. The summed E-state index contributed by atoms with van der Waals surface area (Å²) in [5.74, 6) is 0.212. The number of aromatic hydroxyl groups is 1. The molecule has 6 nitrogen and oxygen atoms in total. The molecule has 0 amide bonds. The molecule has 4 rings (SSSR count). The Morgan fingerprint density at radius 1 is 0.864 bits per heavy atom. The molecule has 3 heterocycles. The van der Waals surface area contributed by atoms with Crippen LogP contribution in [0.4, 0.5) is 0 Å². The van der Waals surface area contributed by atoms with Crippen molar-refractivity contribution in [3.05, 3.63) is 61.1 Å². The number of hydrogen-bond acceptors (Lipinski definition) is 5. The second-order valence-electron chi connectivity index (χ2n) is 4.71. The highest BCUT2D eigenvalue weighted by molar-refractivity contribution is 5.79. The smallest absolute Gasteiger partial charge is 0.243 e. The van der Waals surface area contributed by atoms with Crippen molar-refractivity contribution in [2.45, 2.75) is 0 Å². The van der Waals surface area contributed by atoms with E-state index in [0.29, 0.717) is 22.7 Å². The highest BCUT2D eigenvalue weighted by atomic mass is 16.3. The quantitative estimate of drug-likeness (QED) is 0.613. The van der Waals surface area contributed by atoms with Gasteiger partial charge in [-0.15, -0.1) is 0 Å². The monoisotopic (exact) mass is 289 g/mol. The first-order valence-corrected chi connectivity index (χ1v) is 6.74. The third-order valence-corrected chi connectivity index (χ3v) is 3.31. The predicted octanol–water partition coefficient (Wildman–Crippen LogP) is 2.58. The van der Waals surface area contributed by atoms with Crippen molar-refractivity contribution in [2.24, 2.45) is 0 Å². The Morgan fingerprint density at radius 2 is 1.68 bits per heavy atom. The Kier molecular flexibility index (Phi) is 2.79. The molecular formula is C16H11N5O. The molecule has 0 radical (unpaired) electrons. The van der Waals surface area contributed by atoms with Crippen LogP contribution in [0, 0.1) is 0 Å². The molecule has 0 atom stereocenters. The third-order valence-electron chi connectivity index (χ3n) is 3.31. The van der Waals surface area contributed by atoms with Crippen molar-refractivity contribution in [1.29, 1.82) is 0 Å². The molecule has 106 valence electrons. The Morgan fingerprint density at radius 3 is 2.45 bits per heavy atom. The molecule has 0 saturated carbocycles. The van der Waals surface area contributed by atoms with E-state index in [1.807, 2.05) is 47.0 Å². The van der Waals surface area contributed by atoms with Gasteiger partial charge >= 0.3 is 0 Å². The van der Waals surface area contributed by atoms with E-state index in [1.54, 1.807) is 18.6 Å². The Hall–Kier alpha value is -3.28. The number of fused-ring (bicyclic) bond motifs is 1. The molecule has 0 spiro atoms. The Labute approximate surface area is 125 Å². The van der Waals surface area contributed by atoms with Gasteiger partial charge in [0.25, 0.3) is 0 Å². The van der Waals surface area contributed by atoms with E-state index in [4.69, 9.17) is 0 Å². The summed E-state index contributed by atoms with van der Waals surface area (Å²) in [4.78, 5) is 17.0. The molecule has 3 aromatic heterocycles. The average molecular weight is 289 g/mol. The minimum Gasteiger partial charge on any atom is -0.492 e. The zero-order chi connectivity index (χ0) is 14.9. The van der Waals surface area contributed by atoms with Crippen molar-refractivity contribution in [1.82, 2.24) is 24.5 Å². The number of imidazole rings is 1. The number of aromatic nitrogens is 5. The van der Waals surface area contributed by atoms with Crippen LogP contribution in [-0.2, 0) is 0 Å². The fourth-order valence-corrected chi connectivity index (χ4v) is 2.27. The van der Waals surface area contributed by atoms with Crippen LogP contribution in [0.25, 0.3) is 28.4 Å². The van der Waals surface area contributed by atoms with Crippen molar-refractivity contribution in [3.8, 4) is 23.1 Å². The van der Waals surface area contributed by atoms with Crippen LogP contribution in [0.3, 0.4) is 0 Å². The van der Waals surface area contributed by atoms with Crippen LogP contribution in [0.5, 0.6) is 5.88 Å². The van der Waals surface area contributed by atoms with E-state index in [-0.39, 0.29) is 5.88 Å². The number of para-hydroxylation sites is 1. The molecule has 4 aromatic rings. The van der Waals surface area contributed by atoms with Gasteiger partial charge in [0, 0.05) is 11.9 Å². The zero-order valence-corrected chi connectivity index (χ0v) is 11.5. The first kappa shape index (κ1) is 12.5. The lowest BCUT2D eigenvalue weighted by molar-refractivity contribution is 0.459. The molecule has 0 aliphatic heterocycles. The molecule has 0 saturated heterocycles. The fourth-order valence-electron chi connectivity index (χ4n) is 2.27. The number of nitrogens with zero attached hydrogens (tertiary/aromatic N) is 5. The molecular weight excluding hydrogens is 278 g/mol. The Bertz CT molecular complexity index is 935. The van der Waals surface area contributed by atoms with E-state index in [2.05, 4.69) is 19.9 Å². The summed E-state index contributed by atoms with van der Waals surface area (Å²) in [5, 5.41) is 10.1. The number of rotatable bonds is 2. The average Bonchev–Trinajstić information content (AvgIpc) is 3.01. The SMILES string of the molecule is Oc1nc(-c2ccccn2)nc2c1ncn2-c1ccccc1. The first-order valence-electron chi connectivity index (χ1n) is 6.74. The molecule has 0 unspecified atom stereocenters. The van der Waals surface area contributed by atoms with Crippen LogP contribution < -0.4 is 0 Å². The van der Waals surface area contributed by atoms with E-state index in [9.17, 15) is 5.11 Å². The lowest BCUT2D eigenvalue weighted by Crippen LogP contribution is -1.97. The molecule has 6 heteroatoms. The van der Waals surface area contributed by atoms with Gasteiger partial charge in [-0.1, -0.05) is 24.3 Å². The van der Waals surface area contributed by atoms with Crippen molar-refractivity contribution < 1.29 is 5.11 Å². The second kappa shape index (κ2) is 4.92. The van der Waals surface area contributed by atoms with E-state index in [1.165, 1.54) is 0 Å². The maximum absolute atomic E-state index is 10.1. The summed E-state index contributed by atoms with van der Waals surface area (Å²) < 4.78 is 1.81. The van der Waals surface area contributed by atoms with E-state index in [0.717, 1.165) is 5.69 Å².